The van der Waals surface area contributed by atoms with Gasteiger partial charge in [0.15, 0.2) is 0 Å². The second-order valence-electron chi connectivity index (χ2n) is 5.39. The van der Waals surface area contributed by atoms with Gasteiger partial charge in [0, 0.05) is 11.4 Å². The Morgan fingerprint density at radius 2 is 2.04 bits per heavy atom. The molecule has 0 saturated heterocycles. The molecular weight excluding hydrogens is 387 g/mol. The number of halogens is 4. The summed E-state index contributed by atoms with van der Waals surface area (Å²) in [6, 6.07) is 8.31. The lowest BCUT2D eigenvalue weighted by atomic mass is 10.2. The van der Waals surface area contributed by atoms with Gasteiger partial charge in [0.25, 0.3) is 5.56 Å². The average Bonchev–Trinajstić information content (AvgIpc) is 3.11. The molecule has 2 aromatic heterocycles. The van der Waals surface area contributed by atoms with E-state index < -0.39 is 17.3 Å². The third kappa shape index (κ3) is 4.08. The maximum absolute atomic E-state index is 12.8. The molecule has 0 unspecified atom stereocenters. The molecule has 0 bridgehead atoms. The molecule has 0 aliphatic heterocycles. The highest BCUT2D eigenvalue weighted by atomic mass is 35.5. The van der Waals surface area contributed by atoms with Crippen LogP contribution in [0.5, 0.6) is 0 Å². The van der Waals surface area contributed by atoms with Crippen molar-refractivity contribution in [2.45, 2.75) is 12.6 Å². The molecule has 0 aliphatic carbocycles. The predicted molar refractivity (Wildman–Crippen MR) is 96.4 cm³/mol. The number of hydrogen-bond acceptors (Lipinski definition) is 4. The first-order valence-electron chi connectivity index (χ1n) is 7.58. The van der Waals surface area contributed by atoms with Crippen LogP contribution >= 0.6 is 22.9 Å². The lowest BCUT2D eigenvalue weighted by Gasteiger charge is -2.12. The van der Waals surface area contributed by atoms with Crippen LogP contribution < -0.4 is 10.9 Å². The molecule has 0 saturated carbocycles. The average molecular weight is 400 g/mol. The van der Waals surface area contributed by atoms with Crippen LogP contribution in [0.25, 0.3) is 5.69 Å². The van der Waals surface area contributed by atoms with Gasteiger partial charge in [-0.1, -0.05) is 23.7 Å². The second kappa shape index (κ2) is 7.51. The highest BCUT2D eigenvalue weighted by Gasteiger charge is 2.30. The van der Waals surface area contributed by atoms with Crippen LogP contribution in [-0.4, -0.2) is 16.3 Å². The first kappa shape index (κ1) is 18.5. The van der Waals surface area contributed by atoms with Crippen molar-refractivity contribution >= 4 is 28.6 Å². The first-order valence-corrected chi connectivity index (χ1v) is 8.84. The normalized spacial score (nSPS) is 11.5. The Kier molecular flexibility index (Phi) is 5.33. The first-order chi connectivity index (χ1) is 12.4. The predicted octanol–water partition coefficient (Wildman–Crippen LogP) is 4.62. The van der Waals surface area contributed by atoms with Crippen LogP contribution in [0.2, 0.25) is 5.02 Å². The van der Waals surface area contributed by atoms with Crippen molar-refractivity contribution in [2.75, 3.05) is 11.9 Å². The number of thiophene rings is 1. The summed E-state index contributed by atoms with van der Waals surface area (Å²) in [6.45, 7) is 0.551. The molecule has 4 nitrogen and oxygen atoms in total. The van der Waals surface area contributed by atoms with E-state index in [4.69, 9.17) is 11.6 Å². The van der Waals surface area contributed by atoms with Crippen LogP contribution in [0.4, 0.5) is 18.9 Å². The maximum atomic E-state index is 12.8. The summed E-state index contributed by atoms with van der Waals surface area (Å²) in [4.78, 5) is 13.6. The lowest BCUT2D eigenvalue weighted by molar-refractivity contribution is -0.137. The third-order valence-electron chi connectivity index (χ3n) is 3.60. The molecule has 0 amide bonds. The minimum absolute atomic E-state index is 0.00291. The molecule has 1 N–H and O–H groups in total. The van der Waals surface area contributed by atoms with E-state index in [-0.39, 0.29) is 10.7 Å². The Morgan fingerprint density at radius 1 is 1.23 bits per heavy atom. The zero-order valence-corrected chi connectivity index (χ0v) is 14.8. The topological polar surface area (TPSA) is 46.9 Å². The van der Waals surface area contributed by atoms with Gasteiger partial charge in [0.1, 0.15) is 5.02 Å². The van der Waals surface area contributed by atoms with Gasteiger partial charge in [-0.25, -0.2) is 0 Å². The Hall–Kier alpha value is -2.32. The molecule has 0 radical (unpaired) electrons. The molecular formula is C17H13ClF3N3OS. The number of aromatic nitrogens is 2. The maximum Gasteiger partial charge on any atom is 0.416 e. The molecule has 2 heterocycles. The third-order valence-corrected chi connectivity index (χ3v) is 4.91. The van der Waals surface area contributed by atoms with E-state index in [1.165, 1.54) is 23.2 Å². The van der Waals surface area contributed by atoms with Crippen molar-refractivity contribution in [3.63, 3.8) is 0 Å². The molecule has 0 fully saturated rings. The van der Waals surface area contributed by atoms with Gasteiger partial charge < -0.3 is 5.32 Å². The van der Waals surface area contributed by atoms with Gasteiger partial charge in [-0.3, -0.25) is 4.79 Å². The molecule has 1 aromatic carbocycles. The van der Waals surface area contributed by atoms with E-state index in [0.717, 1.165) is 23.2 Å². The number of anilines is 1. The minimum Gasteiger partial charge on any atom is -0.382 e. The van der Waals surface area contributed by atoms with Crippen LogP contribution in [0.3, 0.4) is 0 Å². The Balaban J connectivity index is 1.82. The van der Waals surface area contributed by atoms with Gasteiger partial charge in [-0.15, -0.1) is 11.3 Å². The Bertz CT molecular complexity index is 955. The zero-order chi connectivity index (χ0) is 18.7. The molecule has 0 atom stereocenters. The Labute approximate surface area is 155 Å². The fraction of sp³-hybridized carbons (Fsp3) is 0.176. The van der Waals surface area contributed by atoms with Gasteiger partial charge in [-0.05, 0) is 36.1 Å². The van der Waals surface area contributed by atoms with Gasteiger partial charge in [-0.2, -0.15) is 23.0 Å². The monoisotopic (exact) mass is 399 g/mol. The van der Waals surface area contributed by atoms with Gasteiger partial charge >= 0.3 is 6.18 Å². The number of nitrogens with zero attached hydrogens (tertiary/aromatic N) is 2. The van der Waals surface area contributed by atoms with Crippen molar-refractivity contribution in [2.24, 2.45) is 0 Å². The molecule has 3 aromatic rings. The lowest BCUT2D eigenvalue weighted by Crippen LogP contribution is -2.23. The molecule has 3 rings (SSSR count). The summed E-state index contributed by atoms with van der Waals surface area (Å²) >= 11 is 7.71. The van der Waals surface area contributed by atoms with Gasteiger partial charge in [0.2, 0.25) is 0 Å². The second-order valence-corrected chi connectivity index (χ2v) is 6.80. The summed E-state index contributed by atoms with van der Waals surface area (Å²) in [6.07, 6.45) is -2.42. The van der Waals surface area contributed by atoms with Crippen molar-refractivity contribution in [3.05, 3.63) is 73.8 Å². The molecule has 0 aliphatic rings. The highest BCUT2D eigenvalue weighted by molar-refractivity contribution is 7.09. The standard InChI is InChI=1S/C17H13ClF3N3OS/c18-15-14(22-7-6-13-5-2-8-26-13)10-23-24(16(15)25)12-4-1-3-11(9-12)17(19,20)21/h1-5,8-10,22H,6-7H2. The van der Waals surface area contributed by atoms with E-state index >= 15 is 0 Å². The van der Waals surface area contributed by atoms with E-state index in [9.17, 15) is 18.0 Å². The summed E-state index contributed by atoms with van der Waals surface area (Å²) in [5.41, 5.74) is -1.21. The van der Waals surface area contributed by atoms with Crippen molar-refractivity contribution in [3.8, 4) is 5.69 Å². The summed E-state index contributed by atoms with van der Waals surface area (Å²) in [5, 5.41) is 8.82. The molecule has 26 heavy (non-hydrogen) atoms. The van der Waals surface area contributed by atoms with Crippen molar-refractivity contribution in [1.82, 2.24) is 9.78 Å². The van der Waals surface area contributed by atoms with Crippen LogP contribution in [-0.2, 0) is 12.6 Å². The van der Waals surface area contributed by atoms with Crippen molar-refractivity contribution in [1.29, 1.82) is 0 Å². The van der Waals surface area contributed by atoms with E-state index in [2.05, 4.69) is 10.4 Å². The van der Waals surface area contributed by atoms with Gasteiger partial charge in [0.05, 0.1) is 23.1 Å². The SMILES string of the molecule is O=c1c(Cl)c(NCCc2cccs2)cnn1-c1cccc(C(F)(F)F)c1. The largest absolute Gasteiger partial charge is 0.416 e. The number of benzene rings is 1. The molecule has 9 heteroatoms. The van der Waals surface area contributed by atoms with E-state index in [1.54, 1.807) is 11.3 Å². The highest BCUT2D eigenvalue weighted by Crippen LogP contribution is 2.30. The quantitative estimate of drug-likeness (QED) is 0.681. The number of alkyl halides is 3. The fourth-order valence-corrected chi connectivity index (χ4v) is 3.23. The fourth-order valence-electron chi connectivity index (χ4n) is 2.33. The summed E-state index contributed by atoms with van der Waals surface area (Å²) in [5.74, 6) is 0. The minimum atomic E-state index is -4.51. The molecule has 136 valence electrons. The van der Waals surface area contributed by atoms with E-state index in [1.807, 2.05) is 17.5 Å². The number of hydrogen-bond donors (Lipinski definition) is 1. The zero-order valence-electron chi connectivity index (χ0n) is 13.3. The van der Waals surface area contributed by atoms with Crippen LogP contribution in [0.15, 0.2) is 52.8 Å². The number of nitrogens with one attached hydrogen (secondary N) is 1. The number of rotatable bonds is 5. The van der Waals surface area contributed by atoms with Crippen molar-refractivity contribution < 1.29 is 13.2 Å². The summed E-state index contributed by atoms with van der Waals surface area (Å²) < 4.78 is 39.4. The molecule has 0 spiro atoms. The Morgan fingerprint density at radius 3 is 2.73 bits per heavy atom. The van der Waals surface area contributed by atoms with E-state index in [0.29, 0.717) is 12.2 Å². The van der Waals surface area contributed by atoms with Crippen LogP contribution in [0, 0.1) is 0 Å². The smallest absolute Gasteiger partial charge is 0.382 e. The van der Waals surface area contributed by atoms with Crippen LogP contribution in [0.1, 0.15) is 10.4 Å². The summed E-state index contributed by atoms with van der Waals surface area (Å²) in [7, 11) is 0.